The summed E-state index contributed by atoms with van der Waals surface area (Å²) < 4.78 is 0. The number of benzene rings is 1. The summed E-state index contributed by atoms with van der Waals surface area (Å²) in [5.41, 5.74) is 2.01. The molecule has 5 nitrogen and oxygen atoms in total. The monoisotopic (exact) mass is 324 g/mol. The van der Waals surface area contributed by atoms with Crippen LogP contribution in [-0.2, 0) is 12.6 Å². The van der Waals surface area contributed by atoms with Crippen LogP contribution in [-0.4, -0.2) is 15.9 Å². The van der Waals surface area contributed by atoms with Crippen molar-refractivity contribution < 1.29 is 4.79 Å². The average molecular weight is 324 g/mol. The van der Waals surface area contributed by atoms with Gasteiger partial charge in [-0.3, -0.25) is 14.6 Å². The molecule has 0 aliphatic rings. The highest BCUT2D eigenvalue weighted by atomic mass is 32.1. The van der Waals surface area contributed by atoms with Crippen LogP contribution in [0.3, 0.4) is 0 Å². The molecular formula is C17H14N3O2S+. The van der Waals surface area contributed by atoms with E-state index < -0.39 is 0 Å². The first-order chi connectivity index (χ1) is 11.1. The Morgan fingerprint density at radius 2 is 1.74 bits per heavy atom. The van der Waals surface area contributed by atoms with Gasteiger partial charge in [0.15, 0.2) is 0 Å². The molecule has 0 saturated carbocycles. The predicted octanol–water partition coefficient (Wildman–Crippen LogP) is 2.06. The Balaban J connectivity index is 1.89. The lowest BCUT2D eigenvalue weighted by molar-refractivity contribution is 0.102. The summed E-state index contributed by atoms with van der Waals surface area (Å²) in [7, 11) is 0. The van der Waals surface area contributed by atoms with E-state index in [1.165, 1.54) is 0 Å². The lowest BCUT2D eigenvalue weighted by Gasteiger charge is -2.07. The van der Waals surface area contributed by atoms with E-state index in [9.17, 15) is 9.59 Å². The van der Waals surface area contributed by atoms with Crippen molar-refractivity contribution in [1.29, 1.82) is 0 Å². The van der Waals surface area contributed by atoms with Crippen molar-refractivity contribution in [3.63, 3.8) is 0 Å². The maximum atomic E-state index is 12.2. The third-order valence-corrected chi connectivity index (χ3v) is 3.65. The summed E-state index contributed by atoms with van der Waals surface area (Å²) >= 11 is 3.37. The van der Waals surface area contributed by atoms with Gasteiger partial charge in [-0.05, 0) is 60.7 Å². The Bertz CT molecular complexity index is 890. The molecule has 0 fully saturated rings. The van der Waals surface area contributed by atoms with Gasteiger partial charge >= 0.3 is 0 Å². The van der Waals surface area contributed by atoms with Crippen molar-refractivity contribution in [2.75, 3.05) is 5.32 Å². The minimum Gasteiger partial charge on any atom is -0.327 e. The summed E-state index contributed by atoms with van der Waals surface area (Å²) in [6.07, 6.45) is 4.94. The number of carbonyl (C=O) groups is 1. The number of hydrogen-bond acceptors (Lipinski definition) is 3. The second-order valence-electron chi connectivity index (χ2n) is 4.90. The number of H-pyrrole nitrogens is 1. The first-order valence-corrected chi connectivity index (χ1v) is 7.39. The molecule has 0 atom stereocenters. The molecular weight excluding hydrogens is 310 g/mol. The zero-order chi connectivity index (χ0) is 16.2. The molecule has 0 aliphatic carbocycles. The lowest BCUT2D eigenvalue weighted by Crippen LogP contribution is -2.19. The average Bonchev–Trinajstić information content (AvgIpc) is 2.58. The maximum absolute atomic E-state index is 12.2. The molecule has 3 aromatic rings. The van der Waals surface area contributed by atoms with Crippen LogP contribution in [0.4, 0.5) is 5.69 Å². The number of anilines is 1. The minimum absolute atomic E-state index is 0.201. The highest BCUT2D eigenvalue weighted by molar-refractivity contribution is 7.58. The number of nitrogens with zero attached hydrogens (tertiary/aromatic N) is 1. The van der Waals surface area contributed by atoms with Crippen LogP contribution in [0.15, 0.2) is 70.7 Å². The van der Waals surface area contributed by atoms with E-state index in [0.29, 0.717) is 5.56 Å². The largest absolute Gasteiger partial charge is 0.327 e. The van der Waals surface area contributed by atoms with Gasteiger partial charge in [-0.25, -0.2) is 0 Å². The molecule has 0 unspecified atom stereocenters. The van der Waals surface area contributed by atoms with Crippen molar-refractivity contribution in [3.8, 4) is 11.1 Å². The molecule has 0 saturated heterocycles. The van der Waals surface area contributed by atoms with Crippen LogP contribution in [0.25, 0.3) is 11.1 Å². The predicted molar refractivity (Wildman–Crippen MR) is 93.1 cm³/mol. The molecule has 114 valence electrons. The van der Waals surface area contributed by atoms with E-state index in [4.69, 9.17) is 0 Å². The zero-order valence-corrected chi connectivity index (χ0v) is 13.0. The summed E-state index contributed by atoms with van der Waals surface area (Å²) in [5, 5.41) is 2.64. The fourth-order valence-corrected chi connectivity index (χ4v) is 2.27. The molecule has 23 heavy (non-hydrogen) atoms. The highest BCUT2D eigenvalue weighted by Crippen LogP contribution is 2.19. The lowest BCUT2D eigenvalue weighted by atomic mass is 10.1. The fourth-order valence-electron chi connectivity index (χ4n) is 2.10. The Morgan fingerprint density at radius 1 is 1.04 bits per heavy atom. The smallest absolute Gasteiger partial charge is 0.271 e. The highest BCUT2D eigenvalue weighted by Gasteiger charge is 2.10. The third-order valence-electron chi connectivity index (χ3n) is 3.31. The molecule has 0 radical (unpaired) electrons. The maximum Gasteiger partial charge on any atom is 0.271 e. The van der Waals surface area contributed by atoms with Crippen LogP contribution in [0.1, 0.15) is 10.4 Å². The van der Waals surface area contributed by atoms with Crippen molar-refractivity contribution in [2.45, 2.75) is 4.90 Å². The second-order valence-corrected chi connectivity index (χ2v) is 5.48. The summed E-state index contributed by atoms with van der Waals surface area (Å²) in [6.45, 7) is 0. The SMILES string of the molecule is O=C(Nc1cc(-c2ccncc2)c[nH]c1=O)c1ccc([SH2+])cc1. The molecule has 3 rings (SSSR count). The first kappa shape index (κ1) is 15.1. The molecule has 0 spiro atoms. The van der Waals surface area contributed by atoms with Crippen molar-refractivity contribution in [1.82, 2.24) is 9.97 Å². The normalized spacial score (nSPS) is 10.3. The van der Waals surface area contributed by atoms with E-state index in [2.05, 4.69) is 27.9 Å². The molecule has 2 N–H and O–H groups in total. The Labute approximate surface area is 137 Å². The number of aromatic amines is 1. The molecule has 0 bridgehead atoms. The standard InChI is InChI=1S/C17H13N3O2S/c21-16(12-1-3-14(23)4-2-12)20-15-9-13(10-19-17(15)22)11-5-7-18-8-6-11/h1-10,23H,(H,19,22)(H,20,21)/p+1. The molecule has 6 heteroatoms. The number of nitrogens with one attached hydrogen (secondary N) is 2. The summed E-state index contributed by atoms with van der Waals surface area (Å²) in [5.74, 6) is -0.339. The molecule has 0 aliphatic heterocycles. The van der Waals surface area contributed by atoms with Crippen LogP contribution >= 0.6 is 0 Å². The van der Waals surface area contributed by atoms with Gasteiger partial charge in [0.25, 0.3) is 11.5 Å². The molecule has 2 aromatic heterocycles. The number of amides is 1. The van der Waals surface area contributed by atoms with Gasteiger partial charge in [0.1, 0.15) is 10.6 Å². The topological polar surface area (TPSA) is 74.8 Å². The summed E-state index contributed by atoms with van der Waals surface area (Å²) in [6, 6.07) is 12.2. The number of aromatic nitrogens is 2. The Morgan fingerprint density at radius 3 is 2.43 bits per heavy atom. The van der Waals surface area contributed by atoms with E-state index in [1.54, 1.807) is 48.9 Å². The number of rotatable bonds is 3. The summed E-state index contributed by atoms with van der Waals surface area (Å²) in [4.78, 5) is 31.6. The second kappa shape index (κ2) is 6.50. The van der Waals surface area contributed by atoms with Gasteiger partial charge in [-0.2, -0.15) is 0 Å². The van der Waals surface area contributed by atoms with E-state index in [-0.39, 0.29) is 17.2 Å². The van der Waals surface area contributed by atoms with E-state index in [0.717, 1.165) is 16.0 Å². The third kappa shape index (κ3) is 3.49. The van der Waals surface area contributed by atoms with Gasteiger partial charge in [0.2, 0.25) is 0 Å². The molecule has 1 aromatic carbocycles. The van der Waals surface area contributed by atoms with Crippen molar-refractivity contribution in [2.24, 2.45) is 0 Å². The van der Waals surface area contributed by atoms with Crippen molar-refractivity contribution in [3.05, 3.63) is 77.0 Å². The van der Waals surface area contributed by atoms with Crippen molar-refractivity contribution >= 4 is 24.2 Å². The van der Waals surface area contributed by atoms with Gasteiger partial charge in [-0.15, -0.1) is 0 Å². The Hall–Kier alpha value is -2.86. The van der Waals surface area contributed by atoms with Gasteiger partial charge in [0, 0.05) is 29.7 Å². The van der Waals surface area contributed by atoms with Gasteiger partial charge in [0.05, 0.1) is 0 Å². The van der Waals surface area contributed by atoms with E-state index in [1.807, 2.05) is 12.1 Å². The Kier molecular flexibility index (Phi) is 4.25. The number of carbonyl (C=O) groups excluding carboxylic acids is 1. The number of hydrogen-bond donors (Lipinski definition) is 2. The fraction of sp³-hybridized carbons (Fsp3) is 0. The molecule has 1 amide bonds. The van der Waals surface area contributed by atoms with Crippen LogP contribution in [0.5, 0.6) is 0 Å². The van der Waals surface area contributed by atoms with Crippen LogP contribution < -0.4 is 10.9 Å². The molecule has 2 heterocycles. The quantitative estimate of drug-likeness (QED) is 0.724. The zero-order valence-electron chi connectivity index (χ0n) is 12.0. The van der Waals surface area contributed by atoms with Gasteiger partial charge < -0.3 is 10.3 Å². The van der Waals surface area contributed by atoms with E-state index >= 15 is 0 Å². The van der Waals surface area contributed by atoms with Crippen LogP contribution in [0.2, 0.25) is 0 Å². The number of pyridine rings is 2. The first-order valence-electron chi connectivity index (χ1n) is 6.89. The van der Waals surface area contributed by atoms with Crippen LogP contribution in [0, 0.1) is 0 Å². The van der Waals surface area contributed by atoms with Gasteiger partial charge in [-0.1, -0.05) is 0 Å². The minimum atomic E-state index is -0.354.